The summed E-state index contributed by atoms with van der Waals surface area (Å²) in [4.78, 5) is 40.0. The van der Waals surface area contributed by atoms with Crippen LogP contribution in [0, 0.1) is 11.8 Å². The summed E-state index contributed by atoms with van der Waals surface area (Å²) in [7, 11) is 3.13. The van der Waals surface area contributed by atoms with Crippen molar-refractivity contribution in [2.75, 3.05) is 14.1 Å². The molecule has 2 unspecified atom stereocenters. The summed E-state index contributed by atoms with van der Waals surface area (Å²) in [6.07, 6.45) is 0.0720. The quantitative estimate of drug-likeness (QED) is 0.426. The number of Topliss-reactive ketones (excluding diaryl/α,β-unsaturated/α-hetero) is 2. The Morgan fingerprint density at radius 3 is 2.42 bits per heavy atom. The number of primary amides is 1. The smallest absolute Gasteiger partial charge is 0.255 e. The topological polar surface area (TPSA) is 161 Å². The number of hydrogen-bond acceptors (Lipinski definition) is 8. The molecule has 164 valence electrons. The maximum absolute atomic E-state index is 13.6. The van der Waals surface area contributed by atoms with Crippen molar-refractivity contribution in [1.82, 2.24) is 4.90 Å². The van der Waals surface area contributed by atoms with Gasteiger partial charge in [0.2, 0.25) is 5.78 Å². The average molecular weight is 428 g/mol. The first-order chi connectivity index (χ1) is 14.4. The molecule has 0 radical (unpaired) electrons. The van der Waals surface area contributed by atoms with Gasteiger partial charge < -0.3 is 26.2 Å². The van der Waals surface area contributed by atoms with E-state index in [9.17, 15) is 34.8 Å². The van der Waals surface area contributed by atoms with E-state index in [1.54, 1.807) is 26.2 Å². The Morgan fingerprint density at radius 2 is 1.84 bits per heavy atom. The molecule has 31 heavy (non-hydrogen) atoms. The van der Waals surface area contributed by atoms with Crippen molar-refractivity contribution in [2.24, 2.45) is 17.6 Å². The number of likely N-dealkylation sites (N-methyl/N-ethyl adjacent to an activating group) is 1. The van der Waals surface area contributed by atoms with Crippen molar-refractivity contribution in [3.63, 3.8) is 0 Å². The number of amides is 1. The van der Waals surface area contributed by atoms with Crippen LogP contribution in [0.1, 0.15) is 30.4 Å². The van der Waals surface area contributed by atoms with Crippen LogP contribution in [0.5, 0.6) is 5.75 Å². The van der Waals surface area contributed by atoms with E-state index in [1.807, 2.05) is 6.92 Å². The highest BCUT2D eigenvalue weighted by atomic mass is 16.3. The van der Waals surface area contributed by atoms with E-state index in [2.05, 4.69) is 0 Å². The van der Waals surface area contributed by atoms with Crippen molar-refractivity contribution in [3.05, 3.63) is 46.2 Å². The average Bonchev–Trinajstić information content (AvgIpc) is 2.68. The summed E-state index contributed by atoms with van der Waals surface area (Å²) < 4.78 is 0. The lowest BCUT2D eigenvalue weighted by molar-refractivity contribution is -0.154. The van der Waals surface area contributed by atoms with Gasteiger partial charge in [0.05, 0.1) is 11.6 Å². The molecule has 0 spiro atoms. The number of nitrogens with two attached hydrogens (primary N) is 1. The number of hydrogen-bond donors (Lipinski definition) is 5. The third kappa shape index (κ3) is 2.53. The van der Waals surface area contributed by atoms with Crippen LogP contribution >= 0.6 is 0 Å². The standard InChI is InChI=1S/C22H24N2O7/c1-8-9-5-4-6-12(25)13(9)17(26)14-10(8)7-11-16(24(2)3)18(27)15(21(23)30)20(29)22(11,31)19(14)28/h4-6,8,10-11,16,25-26,29,31H,7H2,1-3H3,(H2,23,30)/t8?,10?,11-,16-,22-/m0/s1. The normalized spacial score (nSPS) is 32.7. The maximum atomic E-state index is 13.6. The summed E-state index contributed by atoms with van der Waals surface area (Å²) in [5.74, 6) is -6.82. The number of aromatic hydroxyl groups is 1. The summed E-state index contributed by atoms with van der Waals surface area (Å²) in [6.45, 7) is 1.83. The van der Waals surface area contributed by atoms with Crippen LogP contribution in [-0.2, 0) is 14.4 Å². The molecule has 0 aromatic heterocycles. The largest absolute Gasteiger partial charge is 0.508 e. The predicted octanol–water partition coefficient (Wildman–Crippen LogP) is 0.525. The minimum absolute atomic E-state index is 0.0720. The van der Waals surface area contributed by atoms with E-state index >= 15 is 0 Å². The summed E-state index contributed by atoms with van der Waals surface area (Å²) in [6, 6.07) is 3.64. The van der Waals surface area contributed by atoms with Crippen LogP contribution in [0.15, 0.2) is 35.1 Å². The zero-order valence-electron chi connectivity index (χ0n) is 17.3. The molecule has 9 nitrogen and oxygen atoms in total. The fourth-order valence-corrected chi connectivity index (χ4v) is 5.50. The second kappa shape index (κ2) is 6.66. The van der Waals surface area contributed by atoms with Crippen molar-refractivity contribution in [1.29, 1.82) is 0 Å². The maximum Gasteiger partial charge on any atom is 0.255 e. The molecule has 1 fully saturated rings. The van der Waals surface area contributed by atoms with Gasteiger partial charge in [0, 0.05) is 11.5 Å². The molecule has 0 heterocycles. The Kier molecular flexibility index (Phi) is 4.53. The lowest BCUT2D eigenvalue weighted by Crippen LogP contribution is -2.65. The van der Waals surface area contributed by atoms with Gasteiger partial charge in [0.25, 0.3) is 5.91 Å². The van der Waals surface area contributed by atoms with Crippen molar-refractivity contribution >= 4 is 23.2 Å². The Bertz CT molecular complexity index is 1100. The van der Waals surface area contributed by atoms with Gasteiger partial charge in [-0.25, -0.2) is 0 Å². The molecular weight excluding hydrogens is 404 g/mol. The van der Waals surface area contributed by atoms with Crippen molar-refractivity contribution in [3.8, 4) is 5.75 Å². The third-order valence-electron chi connectivity index (χ3n) is 6.96. The summed E-state index contributed by atoms with van der Waals surface area (Å²) in [5, 5.41) is 43.5. The van der Waals surface area contributed by atoms with Gasteiger partial charge in [-0.1, -0.05) is 19.1 Å². The lowest BCUT2D eigenvalue weighted by atomic mass is 9.55. The fourth-order valence-electron chi connectivity index (χ4n) is 5.50. The molecule has 1 saturated carbocycles. The van der Waals surface area contributed by atoms with Gasteiger partial charge in [-0.3, -0.25) is 19.3 Å². The molecule has 5 atom stereocenters. The van der Waals surface area contributed by atoms with E-state index in [1.165, 1.54) is 11.0 Å². The molecule has 0 saturated heterocycles. The van der Waals surface area contributed by atoms with Crippen LogP contribution in [0.4, 0.5) is 0 Å². The Labute approximate surface area is 178 Å². The Balaban J connectivity index is 2.01. The predicted molar refractivity (Wildman–Crippen MR) is 109 cm³/mol. The minimum atomic E-state index is -2.62. The summed E-state index contributed by atoms with van der Waals surface area (Å²) >= 11 is 0. The number of fused-ring (bicyclic) bond motifs is 3. The SMILES string of the molecule is CC1c2cccc(O)c2C(O)=C2C(=O)[C@]3(O)C(O)=C(C(N)=O)C(=O)[C@@H](N(C)C)[C@@H]3CC21. The van der Waals surface area contributed by atoms with Crippen LogP contribution in [0.25, 0.3) is 5.76 Å². The van der Waals surface area contributed by atoms with Crippen LogP contribution in [0.2, 0.25) is 0 Å². The van der Waals surface area contributed by atoms with Crippen molar-refractivity contribution < 1.29 is 34.8 Å². The first kappa shape index (κ1) is 21.1. The van der Waals surface area contributed by atoms with E-state index in [0.717, 1.165) is 0 Å². The number of ketones is 2. The molecule has 1 aromatic carbocycles. The van der Waals surface area contributed by atoms with Crippen LogP contribution < -0.4 is 5.73 Å². The highest BCUT2D eigenvalue weighted by Crippen LogP contribution is 2.55. The van der Waals surface area contributed by atoms with E-state index < -0.39 is 58.0 Å². The second-order valence-corrected chi connectivity index (χ2v) is 8.70. The molecule has 0 aliphatic heterocycles. The molecule has 4 rings (SSSR count). The van der Waals surface area contributed by atoms with Gasteiger partial charge in [-0.15, -0.1) is 0 Å². The molecule has 0 bridgehead atoms. The van der Waals surface area contributed by atoms with Gasteiger partial charge in [0.1, 0.15) is 22.8 Å². The van der Waals surface area contributed by atoms with E-state index in [-0.39, 0.29) is 29.2 Å². The number of aliphatic hydroxyl groups excluding tert-OH is 2. The van der Waals surface area contributed by atoms with Crippen LogP contribution in [-0.4, -0.2) is 68.5 Å². The first-order valence-electron chi connectivity index (χ1n) is 9.91. The van der Waals surface area contributed by atoms with Gasteiger partial charge >= 0.3 is 0 Å². The number of phenolic OH excluding ortho intramolecular Hbond substituents is 1. The molecule has 3 aliphatic rings. The highest BCUT2D eigenvalue weighted by Gasteiger charge is 2.64. The number of carbonyl (C=O) groups excluding carboxylic acids is 3. The van der Waals surface area contributed by atoms with E-state index in [4.69, 9.17) is 5.73 Å². The molecule has 6 N–H and O–H groups in total. The molecular formula is C22H24N2O7. The van der Waals surface area contributed by atoms with Gasteiger partial charge in [0.15, 0.2) is 11.4 Å². The van der Waals surface area contributed by atoms with Crippen LogP contribution in [0.3, 0.4) is 0 Å². The highest BCUT2D eigenvalue weighted by molar-refractivity contribution is 6.24. The Hall–Kier alpha value is -3.17. The number of nitrogens with zero attached hydrogens (tertiary/aromatic N) is 1. The lowest BCUT2D eigenvalue weighted by Gasteiger charge is -2.51. The third-order valence-corrected chi connectivity index (χ3v) is 6.96. The Morgan fingerprint density at radius 1 is 1.19 bits per heavy atom. The zero-order valence-corrected chi connectivity index (χ0v) is 17.3. The van der Waals surface area contributed by atoms with Crippen molar-refractivity contribution in [2.45, 2.75) is 30.9 Å². The number of carbonyl (C=O) groups is 3. The monoisotopic (exact) mass is 428 g/mol. The first-order valence-corrected chi connectivity index (χ1v) is 9.91. The number of rotatable bonds is 2. The number of phenols is 1. The second-order valence-electron chi connectivity index (χ2n) is 8.70. The van der Waals surface area contributed by atoms with Gasteiger partial charge in [-0.05, 0) is 44.0 Å². The molecule has 3 aliphatic carbocycles. The molecule has 1 amide bonds. The molecule has 1 aromatic rings. The van der Waals surface area contributed by atoms with E-state index in [0.29, 0.717) is 5.56 Å². The molecule has 9 heteroatoms. The van der Waals surface area contributed by atoms with Gasteiger partial charge in [-0.2, -0.15) is 0 Å². The number of benzene rings is 1. The summed E-state index contributed by atoms with van der Waals surface area (Å²) in [5.41, 5.74) is 2.42. The fraction of sp³-hybridized carbons (Fsp3) is 0.409. The minimum Gasteiger partial charge on any atom is -0.508 e. The number of aliphatic hydroxyl groups is 3. The zero-order chi connectivity index (χ0) is 23.0.